The van der Waals surface area contributed by atoms with Gasteiger partial charge >= 0.3 is 0 Å². The quantitative estimate of drug-likeness (QED) is 0.537. The largest absolute Gasteiger partial charge is 0.491 e. The van der Waals surface area contributed by atoms with Gasteiger partial charge in [-0.3, -0.25) is 9.59 Å². The Morgan fingerprint density at radius 2 is 1.89 bits per heavy atom. The fraction of sp³-hybridized carbons (Fsp3) is 0.111. The number of nitrogens with two attached hydrogens (primary N) is 1. The summed E-state index contributed by atoms with van der Waals surface area (Å²) in [5.41, 5.74) is 5.55. The molecule has 2 aromatic carbocycles. The summed E-state index contributed by atoms with van der Waals surface area (Å²) < 4.78 is 6.24. The molecule has 0 unspecified atom stereocenters. The summed E-state index contributed by atoms with van der Waals surface area (Å²) in [6.45, 7) is 0.111. The molecule has 3 aromatic rings. The van der Waals surface area contributed by atoms with Gasteiger partial charge in [0.1, 0.15) is 10.6 Å². The summed E-state index contributed by atoms with van der Waals surface area (Å²) >= 11 is 19.8. The predicted molar refractivity (Wildman–Crippen MR) is 111 cm³/mol. The molecule has 0 saturated heterocycles. The Balaban J connectivity index is 1.86. The molecule has 0 saturated carbocycles. The van der Waals surface area contributed by atoms with Crippen LogP contribution < -0.4 is 15.8 Å². The lowest BCUT2D eigenvalue weighted by molar-refractivity contribution is -0.118. The summed E-state index contributed by atoms with van der Waals surface area (Å²) in [5, 5.41) is 4.47. The molecule has 0 aliphatic heterocycles. The number of ether oxygens (including phenoxy) is 1. The second-order valence-corrected chi connectivity index (χ2v) is 7.79. The van der Waals surface area contributed by atoms with Gasteiger partial charge in [-0.15, -0.1) is 11.3 Å². The molecular formula is C18H13Cl3N2O3S. The SMILES string of the molecule is NC(=O)CCOc1ccccc1NC(=O)c1sc2cc(Cl)cc(Cl)c2c1Cl. The number of hydrogen-bond donors (Lipinski definition) is 2. The van der Waals surface area contributed by atoms with Crippen molar-refractivity contribution in [3.63, 3.8) is 0 Å². The molecule has 3 N–H and O–H groups in total. The van der Waals surface area contributed by atoms with Crippen molar-refractivity contribution in [3.8, 4) is 5.75 Å². The van der Waals surface area contributed by atoms with E-state index in [1.165, 1.54) is 11.3 Å². The molecule has 3 rings (SSSR count). The molecule has 0 bridgehead atoms. The Morgan fingerprint density at radius 3 is 2.63 bits per heavy atom. The first kappa shape index (κ1) is 19.8. The first-order valence-electron chi connectivity index (χ1n) is 7.75. The highest BCUT2D eigenvalue weighted by Crippen LogP contribution is 2.41. The topological polar surface area (TPSA) is 81.4 Å². The van der Waals surface area contributed by atoms with E-state index >= 15 is 0 Å². The van der Waals surface area contributed by atoms with Crippen molar-refractivity contribution < 1.29 is 14.3 Å². The minimum Gasteiger partial charge on any atom is -0.491 e. The van der Waals surface area contributed by atoms with Crippen molar-refractivity contribution in [2.75, 3.05) is 11.9 Å². The summed E-state index contributed by atoms with van der Waals surface area (Å²) in [5.74, 6) is -0.450. The Hall–Kier alpha value is -1.99. The van der Waals surface area contributed by atoms with Crippen LogP contribution in [0, 0.1) is 0 Å². The third kappa shape index (κ3) is 4.47. The highest BCUT2D eigenvalue weighted by Gasteiger charge is 2.20. The maximum Gasteiger partial charge on any atom is 0.267 e. The fourth-order valence-corrected chi connectivity index (χ4v) is 4.67. The third-order valence-corrected chi connectivity index (χ3v) is 5.74. The number of carbonyl (C=O) groups excluding carboxylic acids is 2. The number of nitrogens with one attached hydrogen (secondary N) is 1. The number of benzene rings is 2. The van der Waals surface area contributed by atoms with Gasteiger partial charge in [-0.1, -0.05) is 46.9 Å². The van der Waals surface area contributed by atoms with Crippen LogP contribution in [0.2, 0.25) is 15.1 Å². The van der Waals surface area contributed by atoms with Crippen molar-refractivity contribution in [1.82, 2.24) is 0 Å². The predicted octanol–water partition coefficient (Wildman–Crippen LogP) is 5.37. The Bertz CT molecular complexity index is 1040. The molecule has 140 valence electrons. The normalized spacial score (nSPS) is 10.8. The lowest BCUT2D eigenvalue weighted by Gasteiger charge is -2.11. The number of amides is 2. The Morgan fingerprint density at radius 1 is 1.15 bits per heavy atom. The van der Waals surface area contributed by atoms with Crippen LogP contribution in [-0.4, -0.2) is 18.4 Å². The van der Waals surface area contributed by atoms with E-state index in [1.54, 1.807) is 36.4 Å². The van der Waals surface area contributed by atoms with Crippen LogP contribution in [0.3, 0.4) is 0 Å². The van der Waals surface area contributed by atoms with Crippen molar-refractivity contribution >= 4 is 73.7 Å². The molecular weight excluding hydrogens is 431 g/mol. The minimum atomic E-state index is -0.468. The van der Waals surface area contributed by atoms with Crippen molar-refractivity contribution in [2.45, 2.75) is 6.42 Å². The van der Waals surface area contributed by atoms with Gasteiger partial charge in [0.2, 0.25) is 5.91 Å². The molecule has 0 atom stereocenters. The lowest BCUT2D eigenvalue weighted by Crippen LogP contribution is -2.16. The first-order valence-corrected chi connectivity index (χ1v) is 9.70. The number of carbonyl (C=O) groups is 2. The van der Waals surface area contributed by atoms with E-state index in [9.17, 15) is 9.59 Å². The number of halogens is 3. The smallest absolute Gasteiger partial charge is 0.267 e. The second kappa shape index (κ2) is 8.35. The molecule has 0 aliphatic rings. The molecule has 27 heavy (non-hydrogen) atoms. The summed E-state index contributed by atoms with van der Waals surface area (Å²) in [7, 11) is 0. The van der Waals surface area contributed by atoms with Crippen LogP contribution in [0.15, 0.2) is 36.4 Å². The standard InChI is InChI=1S/C18H13Cl3N2O3S/c19-9-7-10(20)15-13(8-9)27-17(16(15)21)18(25)23-11-3-1-2-4-12(11)26-6-5-14(22)24/h1-4,7-8H,5-6H2,(H2,22,24)(H,23,25). The average molecular weight is 444 g/mol. The van der Waals surface area contributed by atoms with E-state index < -0.39 is 11.8 Å². The van der Waals surface area contributed by atoms with Crippen LogP contribution in [-0.2, 0) is 4.79 Å². The van der Waals surface area contributed by atoms with Gasteiger partial charge < -0.3 is 15.8 Å². The number of thiophene rings is 1. The van der Waals surface area contributed by atoms with Gasteiger partial charge in [-0.2, -0.15) is 0 Å². The minimum absolute atomic E-state index is 0.0731. The van der Waals surface area contributed by atoms with E-state index in [4.69, 9.17) is 45.3 Å². The van der Waals surface area contributed by atoms with E-state index in [2.05, 4.69) is 5.32 Å². The molecule has 2 amide bonds. The van der Waals surface area contributed by atoms with Gasteiger partial charge in [0.25, 0.3) is 5.91 Å². The van der Waals surface area contributed by atoms with E-state index in [0.29, 0.717) is 36.4 Å². The van der Waals surface area contributed by atoms with Crippen molar-refractivity contribution in [1.29, 1.82) is 0 Å². The molecule has 0 aliphatic carbocycles. The van der Waals surface area contributed by atoms with Gasteiger partial charge in [0.15, 0.2) is 0 Å². The molecule has 1 heterocycles. The maximum absolute atomic E-state index is 12.7. The Labute approximate surface area is 174 Å². The van der Waals surface area contributed by atoms with Gasteiger partial charge in [-0.05, 0) is 24.3 Å². The average Bonchev–Trinajstić information content (AvgIpc) is 2.93. The maximum atomic E-state index is 12.7. The number of rotatable bonds is 6. The lowest BCUT2D eigenvalue weighted by atomic mass is 10.2. The van der Waals surface area contributed by atoms with Gasteiger partial charge in [-0.25, -0.2) is 0 Å². The highest BCUT2D eigenvalue weighted by molar-refractivity contribution is 7.21. The monoisotopic (exact) mass is 442 g/mol. The molecule has 0 radical (unpaired) electrons. The van der Waals surface area contributed by atoms with Gasteiger partial charge in [0.05, 0.1) is 28.8 Å². The molecule has 0 spiro atoms. The third-order valence-electron chi connectivity index (χ3n) is 3.60. The number of anilines is 1. The van der Waals surface area contributed by atoms with Crippen LogP contribution in [0.25, 0.3) is 10.1 Å². The summed E-state index contributed by atoms with van der Waals surface area (Å²) in [4.78, 5) is 23.9. The molecule has 1 aromatic heterocycles. The Kier molecular flexibility index (Phi) is 6.11. The van der Waals surface area contributed by atoms with E-state index in [-0.39, 0.29) is 18.1 Å². The zero-order chi connectivity index (χ0) is 19.6. The second-order valence-electron chi connectivity index (χ2n) is 5.52. The molecule has 9 heteroatoms. The van der Waals surface area contributed by atoms with Crippen molar-refractivity contribution in [3.05, 3.63) is 56.3 Å². The summed E-state index contributed by atoms with van der Waals surface area (Å²) in [6.07, 6.45) is 0.0731. The summed E-state index contributed by atoms with van der Waals surface area (Å²) in [6, 6.07) is 10.1. The van der Waals surface area contributed by atoms with Gasteiger partial charge in [0, 0.05) is 15.1 Å². The first-order chi connectivity index (χ1) is 12.9. The highest BCUT2D eigenvalue weighted by atomic mass is 35.5. The number of para-hydroxylation sites is 2. The zero-order valence-electron chi connectivity index (χ0n) is 13.7. The zero-order valence-corrected chi connectivity index (χ0v) is 16.8. The van der Waals surface area contributed by atoms with E-state index in [1.807, 2.05) is 0 Å². The van der Waals surface area contributed by atoms with Crippen LogP contribution in [0.5, 0.6) is 5.75 Å². The van der Waals surface area contributed by atoms with Crippen LogP contribution in [0.1, 0.15) is 16.1 Å². The van der Waals surface area contributed by atoms with Crippen LogP contribution >= 0.6 is 46.1 Å². The number of fused-ring (bicyclic) bond motifs is 1. The fourth-order valence-electron chi connectivity index (χ4n) is 2.39. The van der Waals surface area contributed by atoms with Crippen LogP contribution in [0.4, 0.5) is 5.69 Å². The number of hydrogen-bond acceptors (Lipinski definition) is 4. The molecule has 5 nitrogen and oxygen atoms in total. The van der Waals surface area contributed by atoms with E-state index in [0.717, 1.165) is 0 Å². The molecule has 0 fully saturated rings. The number of primary amides is 1. The van der Waals surface area contributed by atoms with Crippen molar-refractivity contribution in [2.24, 2.45) is 5.73 Å².